The summed E-state index contributed by atoms with van der Waals surface area (Å²) in [7, 11) is 1.34. The van der Waals surface area contributed by atoms with Gasteiger partial charge in [0, 0.05) is 13.0 Å². The van der Waals surface area contributed by atoms with Crippen LogP contribution in [0.3, 0.4) is 0 Å². The summed E-state index contributed by atoms with van der Waals surface area (Å²) in [5, 5.41) is 11.2. The third-order valence-corrected chi connectivity index (χ3v) is 3.47. The number of rotatable bonds is 7. The van der Waals surface area contributed by atoms with E-state index in [1.165, 1.54) is 7.11 Å². The zero-order chi connectivity index (χ0) is 18.1. The summed E-state index contributed by atoms with van der Waals surface area (Å²) in [5.41, 5.74) is 2.82. The molecule has 25 heavy (non-hydrogen) atoms. The third-order valence-electron chi connectivity index (χ3n) is 3.47. The molecule has 1 amide bonds. The minimum atomic E-state index is -0.384. The number of ether oxygens (including phenoxy) is 1. The van der Waals surface area contributed by atoms with Gasteiger partial charge < -0.3 is 10.1 Å². The fourth-order valence-electron chi connectivity index (χ4n) is 2.09. The Morgan fingerprint density at radius 2 is 1.52 bits per heavy atom. The molecule has 0 unspecified atom stereocenters. The van der Waals surface area contributed by atoms with Crippen molar-refractivity contribution in [3.05, 3.63) is 59.7 Å². The van der Waals surface area contributed by atoms with Crippen molar-refractivity contribution in [1.29, 1.82) is 0 Å². The fraction of sp³-hybridized carbons (Fsp3) is 0.263. The number of amides is 1. The number of carbonyl (C=O) groups is 2. The highest BCUT2D eigenvalue weighted by atomic mass is 16.5. The minimum Gasteiger partial charge on any atom is -0.465 e. The molecule has 2 aromatic rings. The van der Waals surface area contributed by atoms with Gasteiger partial charge in [0.25, 0.3) is 0 Å². The van der Waals surface area contributed by atoms with Crippen molar-refractivity contribution in [3.63, 3.8) is 0 Å². The van der Waals surface area contributed by atoms with Crippen LogP contribution in [0.15, 0.2) is 58.8 Å². The molecule has 0 saturated heterocycles. The molecule has 2 aromatic carbocycles. The molecule has 130 valence electrons. The van der Waals surface area contributed by atoms with Gasteiger partial charge in [0.15, 0.2) is 0 Å². The summed E-state index contributed by atoms with van der Waals surface area (Å²) in [6.45, 7) is 2.48. The Kier molecular flexibility index (Phi) is 6.83. The summed E-state index contributed by atoms with van der Waals surface area (Å²) in [4.78, 5) is 22.8. The number of nitrogens with zero attached hydrogens (tertiary/aromatic N) is 2. The van der Waals surface area contributed by atoms with Gasteiger partial charge in [0.05, 0.1) is 24.0 Å². The first-order chi connectivity index (χ1) is 12.1. The van der Waals surface area contributed by atoms with Crippen LogP contribution in [0.1, 0.15) is 35.7 Å². The largest absolute Gasteiger partial charge is 0.465 e. The molecule has 0 saturated carbocycles. The van der Waals surface area contributed by atoms with Crippen molar-refractivity contribution >= 4 is 23.3 Å². The zero-order valence-electron chi connectivity index (χ0n) is 14.4. The average Bonchev–Trinajstić information content (AvgIpc) is 2.65. The molecule has 0 heterocycles. The average molecular weight is 339 g/mol. The lowest BCUT2D eigenvalue weighted by atomic mass is 10.2. The summed E-state index contributed by atoms with van der Waals surface area (Å²) in [5.74, 6) is -0.327. The predicted molar refractivity (Wildman–Crippen MR) is 95.2 cm³/mol. The fourth-order valence-corrected chi connectivity index (χ4v) is 2.09. The predicted octanol–water partition coefficient (Wildman–Crippen LogP) is 4.30. The quantitative estimate of drug-likeness (QED) is 0.603. The molecule has 6 nitrogen and oxygen atoms in total. The second kappa shape index (κ2) is 9.32. The molecule has 6 heteroatoms. The molecule has 0 aliphatic rings. The van der Waals surface area contributed by atoms with Gasteiger partial charge in [-0.3, -0.25) is 4.79 Å². The molecule has 1 N–H and O–H groups in total. The smallest absolute Gasteiger partial charge is 0.337 e. The van der Waals surface area contributed by atoms with Crippen LogP contribution in [0.25, 0.3) is 0 Å². The van der Waals surface area contributed by atoms with Crippen molar-refractivity contribution in [2.24, 2.45) is 10.2 Å². The maximum absolute atomic E-state index is 11.5. The van der Waals surface area contributed by atoms with Crippen LogP contribution in [0, 0.1) is 0 Å². The van der Waals surface area contributed by atoms with Crippen LogP contribution in [-0.2, 0) is 16.1 Å². The zero-order valence-corrected chi connectivity index (χ0v) is 14.4. The number of esters is 1. The molecule has 0 fully saturated rings. The Labute approximate surface area is 146 Å². The Bertz CT molecular complexity index is 738. The highest BCUT2D eigenvalue weighted by Crippen LogP contribution is 2.19. The van der Waals surface area contributed by atoms with Gasteiger partial charge in [-0.05, 0) is 48.4 Å². The number of carbonyl (C=O) groups excluding carboxylic acids is 2. The summed E-state index contributed by atoms with van der Waals surface area (Å²) in [6, 6.07) is 14.2. The lowest BCUT2D eigenvalue weighted by molar-refractivity contribution is -0.121. The highest BCUT2D eigenvalue weighted by molar-refractivity contribution is 5.89. The first kappa shape index (κ1) is 18.3. The topological polar surface area (TPSA) is 80.1 Å². The van der Waals surface area contributed by atoms with Gasteiger partial charge in [-0.1, -0.05) is 19.1 Å². The lowest BCUT2D eigenvalue weighted by Gasteiger charge is -2.04. The number of azo groups is 1. The molecular weight excluding hydrogens is 318 g/mol. The number of methoxy groups -OCH3 is 1. The van der Waals surface area contributed by atoms with E-state index in [0.29, 0.717) is 29.9 Å². The van der Waals surface area contributed by atoms with Gasteiger partial charge in [-0.2, -0.15) is 10.2 Å². The number of nitrogens with one attached hydrogen (secondary N) is 1. The molecule has 0 atom stereocenters. The van der Waals surface area contributed by atoms with Crippen LogP contribution in [0.2, 0.25) is 0 Å². The van der Waals surface area contributed by atoms with Crippen LogP contribution < -0.4 is 5.32 Å². The van der Waals surface area contributed by atoms with Gasteiger partial charge in [0.1, 0.15) is 0 Å². The van der Waals surface area contributed by atoms with E-state index in [1.807, 2.05) is 31.2 Å². The Morgan fingerprint density at radius 1 is 0.960 bits per heavy atom. The molecule has 0 aliphatic carbocycles. The minimum absolute atomic E-state index is 0.0571. The van der Waals surface area contributed by atoms with E-state index in [9.17, 15) is 9.59 Å². The van der Waals surface area contributed by atoms with E-state index in [4.69, 9.17) is 0 Å². The van der Waals surface area contributed by atoms with Gasteiger partial charge in [0.2, 0.25) is 5.91 Å². The van der Waals surface area contributed by atoms with Crippen molar-refractivity contribution in [2.75, 3.05) is 7.11 Å². The third kappa shape index (κ3) is 5.84. The molecule has 0 aliphatic heterocycles. The van der Waals surface area contributed by atoms with E-state index < -0.39 is 0 Å². The second-order valence-electron chi connectivity index (χ2n) is 5.43. The van der Waals surface area contributed by atoms with Crippen LogP contribution in [-0.4, -0.2) is 19.0 Å². The SMILES string of the molecule is CCCC(=O)NCc1ccc(N=Nc2ccc(C(=O)OC)cc2)cc1. The van der Waals surface area contributed by atoms with E-state index in [0.717, 1.165) is 12.0 Å². The van der Waals surface area contributed by atoms with Gasteiger partial charge >= 0.3 is 5.97 Å². The Hall–Kier alpha value is -3.02. The molecule has 0 aromatic heterocycles. The first-order valence-corrected chi connectivity index (χ1v) is 8.08. The van der Waals surface area contributed by atoms with Crippen molar-refractivity contribution in [2.45, 2.75) is 26.3 Å². The molecule has 0 spiro atoms. The van der Waals surface area contributed by atoms with Crippen LogP contribution in [0.5, 0.6) is 0 Å². The first-order valence-electron chi connectivity index (χ1n) is 8.08. The van der Waals surface area contributed by atoms with Gasteiger partial charge in [-0.15, -0.1) is 0 Å². The number of hydrogen-bond acceptors (Lipinski definition) is 5. The number of benzene rings is 2. The van der Waals surface area contributed by atoms with E-state index in [1.54, 1.807) is 24.3 Å². The summed E-state index contributed by atoms with van der Waals surface area (Å²) >= 11 is 0. The van der Waals surface area contributed by atoms with E-state index >= 15 is 0 Å². The van der Waals surface area contributed by atoms with Gasteiger partial charge in [-0.25, -0.2) is 4.79 Å². The lowest BCUT2D eigenvalue weighted by Crippen LogP contribution is -2.21. The monoisotopic (exact) mass is 339 g/mol. The Morgan fingerprint density at radius 3 is 2.04 bits per heavy atom. The molecule has 0 radical (unpaired) electrons. The van der Waals surface area contributed by atoms with E-state index in [2.05, 4.69) is 20.3 Å². The summed E-state index contributed by atoms with van der Waals surface area (Å²) in [6.07, 6.45) is 1.38. The molecule has 0 bridgehead atoms. The standard InChI is InChI=1S/C19H21N3O3/c1-3-4-18(23)20-13-14-5-9-16(10-6-14)21-22-17-11-7-15(8-12-17)19(24)25-2/h5-12H,3-4,13H2,1-2H3,(H,20,23). The maximum Gasteiger partial charge on any atom is 0.337 e. The highest BCUT2D eigenvalue weighted by Gasteiger charge is 2.04. The normalized spacial score (nSPS) is 10.6. The van der Waals surface area contributed by atoms with Crippen molar-refractivity contribution in [3.8, 4) is 0 Å². The van der Waals surface area contributed by atoms with E-state index in [-0.39, 0.29) is 11.9 Å². The molecule has 2 rings (SSSR count). The Balaban J connectivity index is 1.93. The number of hydrogen-bond donors (Lipinski definition) is 1. The molecular formula is C19H21N3O3. The van der Waals surface area contributed by atoms with Crippen LogP contribution in [0.4, 0.5) is 11.4 Å². The summed E-state index contributed by atoms with van der Waals surface area (Å²) < 4.78 is 4.65. The van der Waals surface area contributed by atoms with Crippen molar-refractivity contribution < 1.29 is 14.3 Å². The van der Waals surface area contributed by atoms with Crippen LogP contribution >= 0.6 is 0 Å². The van der Waals surface area contributed by atoms with Crippen molar-refractivity contribution in [1.82, 2.24) is 5.32 Å². The maximum atomic E-state index is 11.5. The second-order valence-corrected chi connectivity index (χ2v) is 5.43.